The summed E-state index contributed by atoms with van der Waals surface area (Å²) in [7, 11) is -0.155. The molecule has 0 saturated heterocycles. The number of aliphatic hydroxyl groups excluding tert-OH is 3. The second-order valence-electron chi connectivity index (χ2n) is 5.48. The monoisotopic (exact) mass is 351 g/mol. The Morgan fingerprint density at radius 3 is 2.50 bits per heavy atom. The molecule has 0 spiro atoms. The topological polar surface area (TPSA) is 102 Å². The van der Waals surface area contributed by atoms with Gasteiger partial charge in [0.2, 0.25) is 0 Å². The highest BCUT2D eigenvalue weighted by molar-refractivity contribution is 8.17. The van der Waals surface area contributed by atoms with E-state index in [0.717, 1.165) is 28.3 Å². The molecule has 0 amide bonds. The average molecular weight is 351 g/mol. The van der Waals surface area contributed by atoms with Gasteiger partial charge in [0.1, 0.15) is 0 Å². The van der Waals surface area contributed by atoms with Crippen LogP contribution < -0.4 is 10.6 Å². The zero-order chi connectivity index (χ0) is 17.5. The zero-order valence-corrected chi connectivity index (χ0v) is 14.5. The van der Waals surface area contributed by atoms with Gasteiger partial charge in [0, 0.05) is 41.4 Å². The van der Waals surface area contributed by atoms with Gasteiger partial charge in [-0.3, -0.25) is 4.99 Å². The minimum absolute atomic E-state index is 0.00592. The van der Waals surface area contributed by atoms with Gasteiger partial charge in [0.05, 0.1) is 32.1 Å². The fraction of sp³-hybridized carbons (Fsp3) is 0.412. The SMILES string of the molecule is C=S1C=C(c2cc(N)ccc2N(CCO)CCO)C(=NCCO)C1. The Kier molecular flexibility index (Phi) is 6.99. The van der Waals surface area contributed by atoms with Gasteiger partial charge in [-0.1, -0.05) is 5.87 Å². The number of nitrogens with zero attached hydrogens (tertiary/aromatic N) is 2. The summed E-state index contributed by atoms with van der Waals surface area (Å²) < 4.78 is 0. The van der Waals surface area contributed by atoms with Crippen molar-refractivity contribution in [2.24, 2.45) is 4.99 Å². The lowest BCUT2D eigenvalue weighted by Gasteiger charge is -2.26. The first kappa shape index (κ1) is 18.7. The molecule has 1 aromatic rings. The van der Waals surface area contributed by atoms with E-state index < -0.39 is 0 Å². The molecule has 5 N–H and O–H groups in total. The van der Waals surface area contributed by atoms with E-state index in [1.54, 1.807) is 0 Å². The van der Waals surface area contributed by atoms with Crippen LogP contribution in [-0.4, -0.2) is 72.1 Å². The highest BCUT2D eigenvalue weighted by atomic mass is 32.2. The summed E-state index contributed by atoms with van der Waals surface area (Å²) in [5, 5.41) is 29.8. The minimum atomic E-state index is -0.155. The van der Waals surface area contributed by atoms with Gasteiger partial charge in [-0.05, 0) is 23.6 Å². The molecule has 0 saturated carbocycles. The Labute approximate surface area is 144 Å². The van der Waals surface area contributed by atoms with E-state index in [1.165, 1.54) is 0 Å². The van der Waals surface area contributed by atoms with Crippen molar-refractivity contribution >= 4 is 39.0 Å². The molecule has 1 aromatic carbocycles. The first-order valence-corrected chi connectivity index (χ1v) is 9.45. The quantitative estimate of drug-likeness (QED) is 0.405. The smallest absolute Gasteiger partial charge is 0.0627 e. The highest BCUT2D eigenvalue weighted by Gasteiger charge is 2.22. The molecule has 6 nitrogen and oxygen atoms in total. The van der Waals surface area contributed by atoms with Crippen LogP contribution in [0.4, 0.5) is 11.4 Å². The van der Waals surface area contributed by atoms with Crippen LogP contribution >= 0.6 is 10.5 Å². The molecule has 0 aromatic heterocycles. The molecule has 0 fully saturated rings. The number of rotatable bonds is 8. The van der Waals surface area contributed by atoms with Crippen molar-refractivity contribution in [1.29, 1.82) is 0 Å². The molecular weight excluding hydrogens is 326 g/mol. The van der Waals surface area contributed by atoms with Crippen molar-refractivity contribution in [2.45, 2.75) is 0 Å². The third-order valence-corrected chi connectivity index (χ3v) is 4.92. The molecule has 1 heterocycles. The van der Waals surface area contributed by atoms with Crippen LogP contribution in [0.2, 0.25) is 0 Å². The molecule has 0 radical (unpaired) electrons. The second-order valence-corrected chi connectivity index (χ2v) is 7.08. The lowest BCUT2D eigenvalue weighted by Crippen LogP contribution is -2.30. The molecule has 1 aliphatic rings. The zero-order valence-electron chi connectivity index (χ0n) is 13.7. The lowest BCUT2D eigenvalue weighted by molar-refractivity contribution is 0.281. The fourth-order valence-corrected chi connectivity index (χ4v) is 3.98. The average Bonchev–Trinajstić information content (AvgIpc) is 2.93. The van der Waals surface area contributed by atoms with Crippen LogP contribution in [0.1, 0.15) is 5.56 Å². The highest BCUT2D eigenvalue weighted by Crippen LogP contribution is 2.37. The van der Waals surface area contributed by atoms with Crippen molar-refractivity contribution < 1.29 is 15.3 Å². The summed E-state index contributed by atoms with van der Waals surface area (Å²) >= 11 is 0. The maximum absolute atomic E-state index is 9.32. The summed E-state index contributed by atoms with van der Waals surface area (Å²) in [5.74, 6) is 4.88. The molecule has 1 unspecified atom stereocenters. The molecule has 0 bridgehead atoms. The molecular formula is C17H25N3O3S. The van der Waals surface area contributed by atoms with Crippen LogP contribution in [0.3, 0.4) is 0 Å². The normalized spacial score (nSPS) is 18.9. The summed E-state index contributed by atoms with van der Waals surface area (Å²) in [6.45, 7) is 1.20. The number of anilines is 2. The van der Waals surface area contributed by atoms with E-state index >= 15 is 0 Å². The standard InChI is InChI=1S/C17H25N3O3S/c1-24-11-15(16(12-24)19-4-7-21)14-10-13(18)2-3-17(14)20(5-8-22)6-9-23/h2-3,10-11,21-23H,1,4-9,12,18H2. The first-order valence-electron chi connectivity index (χ1n) is 7.83. The maximum atomic E-state index is 9.32. The molecule has 0 aliphatic carbocycles. The lowest BCUT2D eigenvalue weighted by atomic mass is 10.00. The van der Waals surface area contributed by atoms with Gasteiger partial charge in [-0.25, -0.2) is 0 Å². The van der Waals surface area contributed by atoms with Gasteiger partial charge in [0.25, 0.3) is 0 Å². The van der Waals surface area contributed by atoms with E-state index in [2.05, 4.69) is 16.3 Å². The van der Waals surface area contributed by atoms with Gasteiger partial charge in [0.15, 0.2) is 0 Å². The number of nitrogens with two attached hydrogens (primary N) is 1. The number of allylic oxidation sites excluding steroid dienone is 1. The van der Waals surface area contributed by atoms with Gasteiger partial charge < -0.3 is 26.0 Å². The van der Waals surface area contributed by atoms with Crippen molar-refractivity contribution in [2.75, 3.05) is 55.8 Å². The number of aliphatic hydroxyl groups is 3. The van der Waals surface area contributed by atoms with E-state index in [4.69, 9.17) is 10.8 Å². The molecule has 132 valence electrons. The molecule has 24 heavy (non-hydrogen) atoms. The Morgan fingerprint density at radius 2 is 1.88 bits per heavy atom. The van der Waals surface area contributed by atoms with Crippen LogP contribution in [0.5, 0.6) is 0 Å². The molecule has 2 rings (SSSR count). The first-order chi connectivity index (χ1) is 11.6. The molecule has 1 aliphatic heterocycles. The van der Waals surface area contributed by atoms with Gasteiger partial charge >= 0.3 is 0 Å². The van der Waals surface area contributed by atoms with Gasteiger partial charge in [-0.15, -0.1) is 0 Å². The predicted octanol–water partition coefficient (Wildman–Crippen LogP) is 0.548. The number of nitrogen functional groups attached to an aromatic ring is 1. The summed E-state index contributed by atoms with van der Waals surface area (Å²) in [5.41, 5.74) is 10.3. The van der Waals surface area contributed by atoms with Gasteiger partial charge in [-0.2, -0.15) is 10.5 Å². The Balaban J connectivity index is 2.49. The summed E-state index contributed by atoms with van der Waals surface area (Å²) in [6, 6.07) is 5.60. The van der Waals surface area contributed by atoms with Crippen molar-refractivity contribution in [3.05, 3.63) is 29.2 Å². The van der Waals surface area contributed by atoms with E-state index in [9.17, 15) is 10.2 Å². The maximum Gasteiger partial charge on any atom is 0.0627 e. The van der Waals surface area contributed by atoms with Crippen molar-refractivity contribution in [3.8, 4) is 0 Å². The van der Waals surface area contributed by atoms with Crippen molar-refractivity contribution in [1.82, 2.24) is 0 Å². The third kappa shape index (κ3) is 4.45. The largest absolute Gasteiger partial charge is 0.399 e. The second kappa shape index (κ2) is 8.98. The van der Waals surface area contributed by atoms with Crippen LogP contribution in [0.25, 0.3) is 5.57 Å². The Morgan fingerprint density at radius 1 is 1.17 bits per heavy atom. The van der Waals surface area contributed by atoms with Crippen LogP contribution in [0.15, 0.2) is 28.6 Å². The summed E-state index contributed by atoms with van der Waals surface area (Å²) in [6.07, 6.45) is 0. The van der Waals surface area contributed by atoms with Crippen molar-refractivity contribution in [3.63, 3.8) is 0 Å². The number of aliphatic imine (C=N–C) groups is 1. The number of hydrogen-bond acceptors (Lipinski definition) is 6. The fourth-order valence-electron chi connectivity index (χ4n) is 2.70. The Bertz CT molecular complexity index is 652. The van der Waals surface area contributed by atoms with Crippen LogP contribution in [-0.2, 0) is 0 Å². The minimum Gasteiger partial charge on any atom is -0.399 e. The third-order valence-electron chi connectivity index (χ3n) is 3.71. The molecule has 1 atom stereocenters. The number of benzene rings is 1. The Hall–Kier alpha value is -1.67. The van der Waals surface area contributed by atoms with E-state index in [-0.39, 0.29) is 30.3 Å². The molecule has 7 heteroatoms. The van der Waals surface area contributed by atoms with E-state index in [0.29, 0.717) is 25.3 Å². The predicted molar refractivity (Wildman–Crippen MR) is 104 cm³/mol. The number of hydrogen-bond donors (Lipinski definition) is 4. The summed E-state index contributed by atoms with van der Waals surface area (Å²) in [4.78, 5) is 6.41. The van der Waals surface area contributed by atoms with E-state index in [1.807, 2.05) is 23.1 Å². The van der Waals surface area contributed by atoms with Crippen LogP contribution in [0, 0.1) is 0 Å².